The maximum Gasteiger partial charge on any atom is 0.201 e. The molecule has 3 rings (SSSR count). The summed E-state index contributed by atoms with van der Waals surface area (Å²) in [5, 5.41) is 9.64. The highest BCUT2D eigenvalue weighted by Crippen LogP contribution is 2.40. The first-order chi connectivity index (χ1) is 10.8. The molecule has 0 fully saturated rings. The van der Waals surface area contributed by atoms with Crippen molar-refractivity contribution in [3.8, 4) is 6.07 Å². The summed E-state index contributed by atoms with van der Waals surface area (Å²) >= 11 is 0. The van der Waals surface area contributed by atoms with Gasteiger partial charge < -0.3 is 13.9 Å². The van der Waals surface area contributed by atoms with E-state index in [4.69, 9.17) is 13.9 Å². The van der Waals surface area contributed by atoms with Gasteiger partial charge in [-0.2, -0.15) is 5.26 Å². The second-order valence-corrected chi connectivity index (χ2v) is 5.03. The van der Waals surface area contributed by atoms with Crippen LogP contribution in [0.3, 0.4) is 0 Å². The van der Waals surface area contributed by atoms with Gasteiger partial charge in [-0.3, -0.25) is 0 Å². The van der Waals surface area contributed by atoms with Crippen LogP contribution in [0.4, 0.5) is 0 Å². The van der Waals surface area contributed by atoms with Crippen LogP contribution in [0, 0.1) is 11.3 Å². The average molecular weight is 295 g/mol. The second-order valence-electron chi connectivity index (χ2n) is 5.03. The molecule has 2 atom stereocenters. The summed E-state index contributed by atoms with van der Waals surface area (Å²) in [6.07, 6.45) is 1.81. The average Bonchev–Trinajstić information content (AvgIpc) is 3.09. The van der Waals surface area contributed by atoms with Crippen LogP contribution in [0.5, 0.6) is 0 Å². The number of ether oxygens (including phenoxy) is 2. The molecule has 112 valence electrons. The third-order valence-electron chi connectivity index (χ3n) is 3.69. The summed E-state index contributed by atoms with van der Waals surface area (Å²) < 4.78 is 16.9. The molecule has 1 aromatic carbocycles. The molecule has 0 radical (unpaired) electrons. The van der Waals surface area contributed by atoms with Crippen molar-refractivity contribution >= 4 is 5.76 Å². The van der Waals surface area contributed by atoms with Crippen LogP contribution in [0.15, 0.2) is 58.7 Å². The van der Waals surface area contributed by atoms with Crippen molar-refractivity contribution < 1.29 is 13.9 Å². The summed E-state index contributed by atoms with van der Waals surface area (Å²) in [6, 6.07) is 15.8. The Morgan fingerprint density at radius 1 is 1.23 bits per heavy atom. The lowest BCUT2D eigenvalue weighted by molar-refractivity contribution is -0.105. The number of benzene rings is 1. The minimum absolute atomic E-state index is 0.0587. The lowest BCUT2D eigenvalue weighted by Gasteiger charge is -2.31. The van der Waals surface area contributed by atoms with Crippen molar-refractivity contribution in [2.45, 2.75) is 25.6 Å². The van der Waals surface area contributed by atoms with E-state index >= 15 is 0 Å². The highest BCUT2D eigenvalue weighted by atomic mass is 16.7. The van der Waals surface area contributed by atoms with E-state index in [-0.39, 0.29) is 12.2 Å². The van der Waals surface area contributed by atoms with Gasteiger partial charge in [0.1, 0.15) is 0 Å². The molecule has 0 saturated carbocycles. The number of allylic oxidation sites excluding steroid dienone is 1. The number of furan rings is 1. The summed E-state index contributed by atoms with van der Waals surface area (Å²) in [7, 11) is 0. The molecular weight excluding hydrogens is 278 g/mol. The maximum absolute atomic E-state index is 9.64. The van der Waals surface area contributed by atoms with Gasteiger partial charge in [0.15, 0.2) is 11.5 Å². The van der Waals surface area contributed by atoms with Crippen LogP contribution in [0.1, 0.15) is 30.6 Å². The fourth-order valence-electron chi connectivity index (χ4n) is 2.71. The first kappa shape index (κ1) is 14.4. The molecular formula is C18H17NO3. The Hall–Kier alpha value is -2.51. The highest BCUT2D eigenvalue weighted by Gasteiger charge is 2.34. The molecule has 4 heteroatoms. The molecule has 0 unspecified atom stereocenters. The molecule has 2 heterocycles. The summed E-state index contributed by atoms with van der Waals surface area (Å²) in [5.41, 5.74) is 1.66. The van der Waals surface area contributed by atoms with E-state index in [9.17, 15) is 5.26 Å². The number of nitriles is 1. The number of nitrogens with zero attached hydrogens (tertiary/aromatic N) is 1. The van der Waals surface area contributed by atoms with Gasteiger partial charge in [-0.1, -0.05) is 30.3 Å². The van der Waals surface area contributed by atoms with Gasteiger partial charge in [0.05, 0.1) is 17.9 Å². The van der Waals surface area contributed by atoms with Crippen LogP contribution in [0.2, 0.25) is 0 Å². The van der Waals surface area contributed by atoms with E-state index in [2.05, 4.69) is 6.07 Å². The zero-order chi connectivity index (χ0) is 15.4. The van der Waals surface area contributed by atoms with Crippen molar-refractivity contribution in [2.24, 2.45) is 0 Å². The molecule has 0 amide bonds. The fraction of sp³-hybridized carbons (Fsp3) is 0.278. The third kappa shape index (κ3) is 2.76. The second kappa shape index (κ2) is 6.50. The molecule has 0 bridgehead atoms. The highest BCUT2D eigenvalue weighted by molar-refractivity contribution is 5.66. The Labute approximate surface area is 129 Å². The number of hydrogen-bond donors (Lipinski definition) is 0. The van der Waals surface area contributed by atoms with Gasteiger partial charge in [-0.05, 0) is 24.6 Å². The number of rotatable bonds is 4. The van der Waals surface area contributed by atoms with Crippen molar-refractivity contribution in [1.82, 2.24) is 0 Å². The van der Waals surface area contributed by atoms with E-state index in [0.29, 0.717) is 30.1 Å². The SMILES string of the molecule is CCO[C@H]1C[C@@H](c2ccccc2)C(C#N)=C(c2ccco2)O1. The van der Waals surface area contributed by atoms with Crippen molar-refractivity contribution in [2.75, 3.05) is 6.61 Å². The van der Waals surface area contributed by atoms with Gasteiger partial charge in [0.25, 0.3) is 0 Å². The van der Waals surface area contributed by atoms with Crippen LogP contribution < -0.4 is 0 Å². The Kier molecular flexibility index (Phi) is 4.27. The van der Waals surface area contributed by atoms with E-state index in [1.807, 2.05) is 37.3 Å². The molecule has 4 nitrogen and oxygen atoms in total. The molecule has 1 aromatic heterocycles. The van der Waals surface area contributed by atoms with E-state index in [1.54, 1.807) is 18.4 Å². The zero-order valence-electron chi connectivity index (χ0n) is 12.4. The largest absolute Gasteiger partial charge is 0.461 e. The van der Waals surface area contributed by atoms with Crippen molar-refractivity contribution in [1.29, 1.82) is 5.26 Å². The molecule has 1 aliphatic rings. The standard InChI is InChI=1S/C18H17NO3/c1-2-20-17-11-14(13-7-4-3-5-8-13)15(12-19)18(22-17)16-9-6-10-21-16/h3-10,14,17H,2,11H2,1H3/t14-,17+/m0/s1. The topological polar surface area (TPSA) is 55.4 Å². The van der Waals surface area contributed by atoms with Crippen LogP contribution in [0.25, 0.3) is 5.76 Å². The molecule has 22 heavy (non-hydrogen) atoms. The predicted molar refractivity (Wildman–Crippen MR) is 81.5 cm³/mol. The summed E-state index contributed by atoms with van der Waals surface area (Å²) in [5.74, 6) is 0.976. The predicted octanol–water partition coefficient (Wildman–Crippen LogP) is 4.08. The van der Waals surface area contributed by atoms with E-state index in [1.165, 1.54) is 0 Å². The quantitative estimate of drug-likeness (QED) is 0.852. The van der Waals surface area contributed by atoms with E-state index in [0.717, 1.165) is 5.56 Å². The van der Waals surface area contributed by atoms with Crippen molar-refractivity contribution in [3.05, 3.63) is 65.6 Å². The Balaban J connectivity index is 2.06. The minimum Gasteiger partial charge on any atom is -0.461 e. The Bertz CT molecular complexity index is 683. The monoisotopic (exact) mass is 295 g/mol. The lowest BCUT2D eigenvalue weighted by atomic mass is 9.86. The molecule has 1 aliphatic heterocycles. The Morgan fingerprint density at radius 3 is 2.68 bits per heavy atom. The zero-order valence-corrected chi connectivity index (χ0v) is 12.4. The van der Waals surface area contributed by atoms with Gasteiger partial charge in [0, 0.05) is 18.9 Å². The molecule has 0 aliphatic carbocycles. The van der Waals surface area contributed by atoms with Gasteiger partial charge in [-0.25, -0.2) is 0 Å². The Morgan fingerprint density at radius 2 is 2.05 bits per heavy atom. The van der Waals surface area contributed by atoms with E-state index < -0.39 is 0 Å². The normalized spacial score (nSPS) is 21.3. The fourth-order valence-corrected chi connectivity index (χ4v) is 2.71. The third-order valence-corrected chi connectivity index (χ3v) is 3.69. The molecule has 2 aromatic rings. The van der Waals surface area contributed by atoms with Crippen LogP contribution in [-0.4, -0.2) is 12.9 Å². The van der Waals surface area contributed by atoms with Gasteiger partial charge >= 0.3 is 0 Å². The lowest BCUT2D eigenvalue weighted by Crippen LogP contribution is -2.26. The minimum atomic E-state index is -0.382. The summed E-state index contributed by atoms with van der Waals surface area (Å²) in [6.45, 7) is 2.48. The van der Waals surface area contributed by atoms with Crippen molar-refractivity contribution in [3.63, 3.8) is 0 Å². The number of hydrogen-bond acceptors (Lipinski definition) is 4. The molecule has 0 spiro atoms. The van der Waals surface area contributed by atoms with Gasteiger partial charge in [0.2, 0.25) is 6.29 Å². The summed E-state index contributed by atoms with van der Waals surface area (Å²) in [4.78, 5) is 0. The van der Waals surface area contributed by atoms with Gasteiger partial charge in [-0.15, -0.1) is 0 Å². The molecule has 0 saturated heterocycles. The first-order valence-corrected chi connectivity index (χ1v) is 7.34. The van der Waals surface area contributed by atoms with Crippen LogP contribution in [-0.2, 0) is 9.47 Å². The maximum atomic E-state index is 9.64. The molecule has 0 N–H and O–H groups in total. The smallest absolute Gasteiger partial charge is 0.201 e. The first-order valence-electron chi connectivity index (χ1n) is 7.34. The van der Waals surface area contributed by atoms with Crippen LogP contribution >= 0.6 is 0 Å².